The predicted octanol–water partition coefficient (Wildman–Crippen LogP) is 3.77. The maximum Gasteiger partial charge on any atom is 0.337 e. The van der Waals surface area contributed by atoms with Gasteiger partial charge in [0.1, 0.15) is 0 Å². The van der Waals surface area contributed by atoms with E-state index in [9.17, 15) is 4.79 Å². The molecule has 0 aliphatic heterocycles. The zero-order chi connectivity index (χ0) is 13.2. The summed E-state index contributed by atoms with van der Waals surface area (Å²) in [7, 11) is 0. The third-order valence-corrected chi connectivity index (χ3v) is 3.72. The first-order valence-corrected chi connectivity index (χ1v) is 6.57. The fourth-order valence-corrected chi connectivity index (χ4v) is 2.84. The molecule has 3 heteroatoms. The van der Waals surface area contributed by atoms with Crippen molar-refractivity contribution in [3.8, 4) is 0 Å². The number of carbonyl (C=O) groups is 1. The van der Waals surface area contributed by atoms with Crippen LogP contribution in [0, 0.1) is 5.41 Å². The topological polar surface area (TPSA) is 49.3 Å². The first-order chi connectivity index (χ1) is 8.48. The number of benzene rings is 1. The van der Waals surface area contributed by atoms with Gasteiger partial charge in [-0.2, -0.15) is 0 Å². The first-order valence-electron chi connectivity index (χ1n) is 6.57. The standard InChI is InChI=1S/C15H21NO2/c1-15(2)9-5-6-11(10-15)16-13-8-4-3-7-12(13)14(17)18/h3-4,7-8,11,16H,5-6,9-10H2,1-2H3,(H,17,18). The van der Waals surface area contributed by atoms with Gasteiger partial charge in [-0.25, -0.2) is 4.79 Å². The summed E-state index contributed by atoms with van der Waals surface area (Å²) in [5, 5.41) is 12.6. The fourth-order valence-electron chi connectivity index (χ4n) is 2.84. The summed E-state index contributed by atoms with van der Waals surface area (Å²) in [6.07, 6.45) is 4.68. The quantitative estimate of drug-likeness (QED) is 0.855. The third kappa shape index (κ3) is 3.03. The Labute approximate surface area is 108 Å². The van der Waals surface area contributed by atoms with Gasteiger partial charge in [0.15, 0.2) is 0 Å². The van der Waals surface area contributed by atoms with Crippen LogP contribution in [0.3, 0.4) is 0 Å². The molecule has 0 bridgehead atoms. The van der Waals surface area contributed by atoms with Gasteiger partial charge in [-0.05, 0) is 36.8 Å². The van der Waals surface area contributed by atoms with Crippen LogP contribution in [0.4, 0.5) is 5.69 Å². The molecule has 1 atom stereocenters. The Morgan fingerprint density at radius 1 is 1.39 bits per heavy atom. The molecule has 0 saturated heterocycles. The maximum atomic E-state index is 11.2. The van der Waals surface area contributed by atoms with Crippen molar-refractivity contribution in [2.75, 3.05) is 5.32 Å². The summed E-state index contributed by atoms with van der Waals surface area (Å²) < 4.78 is 0. The van der Waals surface area contributed by atoms with Crippen molar-refractivity contribution in [2.24, 2.45) is 5.41 Å². The summed E-state index contributed by atoms with van der Waals surface area (Å²) in [6, 6.07) is 7.53. The van der Waals surface area contributed by atoms with Crippen LogP contribution >= 0.6 is 0 Å². The lowest BCUT2D eigenvalue weighted by molar-refractivity contribution is 0.0698. The summed E-state index contributed by atoms with van der Waals surface area (Å²) in [4.78, 5) is 11.2. The van der Waals surface area contributed by atoms with Crippen molar-refractivity contribution in [3.63, 3.8) is 0 Å². The number of hydrogen-bond acceptors (Lipinski definition) is 2. The van der Waals surface area contributed by atoms with E-state index in [0.717, 1.165) is 18.5 Å². The third-order valence-electron chi connectivity index (χ3n) is 3.72. The Balaban J connectivity index is 2.12. The zero-order valence-corrected chi connectivity index (χ0v) is 11.1. The lowest BCUT2D eigenvalue weighted by Crippen LogP contribution is -2.32. The van der Waals surface area contributed by atoms with Crippen LogP contribution in [-0.4, -0.2) is 17.1 Å². The van der Waals surface area contributed by atoms with Crippen molar-refractivity contribution < 1.29 is 9.90 Å². The Bertz CT molecular complexity index is 440. The van der Waals surface area contributed by atoms with Gasteiger partial charge in [-0.1, -0.05) is 32.4 Å². The molecule has 2 rings (SSSR count). The Morgan fingerprint density at radius 3 is 2.78 bits per heavy atom. The summed E-state index contributed by atoms with van der Waals surface area (Å²) in [5.74, 6) is -0.867. The van der Waals surface area contributed by atoms with E-state index in [1.165, 1.54) is 12.8 Å². The molecule has 0 aromatic heterocycles. The highest BCUT2D eigenvalue weighted by atomic mass is 16.4. The molecule has 1 aliphatic rings. The second-order valence-electron chi connectivity index (χ2n) is 5.95. The molecule has 0 heterocycles. The Kier molecular flexibility index (Phi) is 3.60. The highest BCUT2D eigenvalue weighted by Crippen LogP contribution is 2.36. The highest BCUT2D eigenvalue weighted by molar-refractivity contribution is 5.94. The second kappa shape index (κ2) is 5.01. The van der Waals surface area contributed by atoms with Gasteiger partial charge in [0.25, 0.3) is 0 Å². The lowest BCUT2D eigenvalue weighted by Gasteiger charge is -2.36. The van der Waals surface area contributed by atoms with Crippen molar-refractivity contribution in [2.45, 2.75) is 45.6 Å². The van der Waals surface area contributed by atoms with Crippen molar-refractivity contribution in [3.05, 3.63) is 29.8 Å². The van der Waals surface area contributed by atoms with Gasteiger partial charge < -0.3 is 10.4 Å². The molecule has 1 aliphatic carbocycles. The normalized spacial score (nSPS) is 22.4. The SMILES string of the molecule is CC1(C)CCCC(Nc2ccccc2C(=O)O)C1. The Hall–Kier alpha value is -1.51. The highest BCUT2D eigenvalue weighted by Gasteiger charge is 2.28. The summed E-state index contributed by atoms with van der Waals surface area (Å²) in [6.45, 7) is 4.56. The van der Waals surface area contributed by atoms with Crippen LogP contribution in [0.15, 0.2) is 24.3 Å². The molecule has 0 radical (unpaired) electrons. The number of carboxylic acid groups (broad SMARTS) is 1. The second-order valence-corrected chi connectivity index (χ2v) is 5.95. The molecule has 1 aromatic rings. The van der Waals surface area contributed by atoms with Crippen molar-refractivity contribution in [1.29, 1.82) is 0 Å². The van der Waals surface area contributed by atoms with E-state index >= 15 is 0 Å². The van der Waals surface area contributed by atoms with E-state index < -0.39 is 5.97 Å². The monoisotopic (exact) mass is 247 g/mol. The average Bonchev–Trinajstić information content (AvgIpc) is 2.28. The number of para-hydroxylation sites is 1. The van der Waals surface area contributed by atoms with Crippen LogP contribution in [0.1, 0.15) is 49.9 Å². The van der Waals surface area contributed by atoms with Gasteiger partial charge in [-0.3, -0.25) is 0 Å². The van der Waals surface area contributed by atoms with Gasteiger partial charge >= 0.3 is 5.97 Å². The number of nitrogens with one attached hydrogen (secondary N) is 1. The molecule has 98 valence electrons. The predicted molar refractivity (Wildman–Crippen MR) is 73.1 cm³/mol. The lowest BCUT2D eigenvalue weighted by atomic mass is 9.75. The van der Waals surface area contributed by atoms with E-state index in [2.05, 4.69) is 19.2 Å². The number of carboxylic acids is 1. The fraction of sp³-hybridized carbons (Fsp3) is 0.533. The molecule has 0 amide bonds. The van der Waals surface area contributed by atoms with E-state index in [1.807, 2.05) is 12.1 Å². The smallest absolute Gasteiger partial charge is 0.337 e. The molecule has 1 unspecified atom stereocenters. The van der Waals surface area contributed by atoms with Crippen LogP contribution < -0.4 is 5.32 Å². The molecular formula is C15H21NO2. The largest absolute Gasteiger partial charge is 0.478 e. The summed E-state index contributed by atoms with van der Waals surface area (Å²) in [5.41, 5.74) is 1.46. The zero-order valence-electron chi connectivity index (χ0n) is 11.1. The maximum absolute atomic E-state index is 11.2. The Morgan fingerprint density at radius 2 is 2.11 bits per heavy atom. The minimum atomic E-state index is -0.867. The van der Waals surface area contributed by atoms with Crippen LogP contribution in [0.2, 0.25) is 0 Å². The van der Waals surface area contributed by atoms with Crippen LogP contribution in [-0.2, 0) is 0 Å². The number of rotatable bonds is 3. The van der Waals surface area contributed by atoms with Gasteiger partial charge in [0.05, 0.1) is 5.56 Å². The molecular weight excluding hydrogens is 226 g/mol. The van der Waals surface area contributed by atoms with Gasteiger partial charge in [0, 0.05) is 11.7 Å². The average molecular weight is 247 g/mol. The van der Waals surface area contributed by atoms with Crippen molar-refractivity contribution >= 4 is 11.7 Å². The minimum absolute atomic E-state index is 0.355. The molecule has 2 N–H and O–H groups in total. The van der Waals surface area contributed by atoms with E-state index in [-0.39, 0.29) is 0 Å². The van der Waals surface area contributed by atoms with Crippen LogP contribution in [0.25, 0.3) is 0 Å². The molecule has 1 saturated carbocycles. The van der Waals surface area contributed by atoms with Crippen LogP contribution in [0.5, 0.6) is 0 Å². The molecule has 18 heavy (non-hydrogen) atoms. The summed E-state index contributed by atoms with van der Waals surface area (Å²) >= 11 is 0. The first kappa shape index (κ1) is 12.9. The van der Waals surface area contributed by atoms with Gasteiger partial charge in [-0.15, -0.1) is 0 Å². The molecule has 0 spiro atoms. The van der Waals surface area contributed by atoms with E-state index in [1.54, 1.807) is 12.1 Å². The number of aromatic carboxylic acids is 1. The van der Waals surface area contributed by atoms with Gasteiger partial charge in [0.2, 0.25) is 0 Å². The molecule has 1 aromatic carbocycles. The van der Waals surface area contributed by atoms with E-state index in [0.29, 0.717) is 17.0 Å². The van der Waals surface area contributed by atoms with E-state index in [4.69, 9.17) is 5.11 Å². The molecule has 3 nitrogen and oxygen atoms in total. The number of anilines is 1. The number of hydrogen-bond donors (Lipinski definition) is 2. The molecule has 1 fully saturated rings. The minimum Gasteiger partial charge on any atom is -0.478 e. The van der Waals surface area contributed by atoms with Crippen molar-refractivity contribution in [1.82, 2.24) is 0 Å².